The summed E-state index contributed by atoms with van der Waals surface area (Å²) in [6.45, 7) is 4.57. The van der Waals surface area contributed by atoms with Crippen molar-refractivity contribution in [2.75, 3.05) is 5.32 Å². The SMILES string of the molecule is CCCC(=O)n1nc(-c2ccco2)nc1NCc1ccc(C)cc1. The van der Waals surface area contributed by atoms with Crippen molar-refractivity contribution in [3.63, 3.8) is 0 Å². The molecule has 1 aromatic carbocycles. The van der Waals surface area contributed by atoms with E-state index in [0.29, 0.717) is 30.5 Å². The lowest BCUT2D eigenvalue weighted by Crippen LogP contribution is -2.16. The van der Waals surface area contributed by atoms with Crippen LogP contribution in [0, 0.1) is 6.92 Å². The summed E-state index contributed by atoms with van der Waals surface area (Å²) in [5, 5.41) is 7.49. The fraction of sp³-hybridized carbons (Fsp3) is 0.278. The van der Waals surface area contributed by atoms with Crippen molar-refractivity contribution in [1.29, 1.82) is 0 Å². The summed E-state index contributed by atoms with van der Waals surface area (Å²) in [7, 11) is 0. The zero-order valence-electron chi connectivity index (χ0n) is 13.8. The molecule has 0 unspecified atom stereocenters. The molecule has 0 aliphatic heterocycles. The van der Waals surface area contributed by atoms with E-state index < -0.39 is 0 Å². The molecule has 1 N–H and O–H groups in total. The van der Waals surface area contributed by atoms with Gasteiger partial charge in [-0.2, -0.15) is 9.67 Å². The average Bonchev–Trinajstić information content (AvgIpc) is 3.24. The molecule has 0 spiro atoms. The highest BCUT2D eigenvalue weighted by molar-refractivity contribution is 5.81. The number of nitrogens with one attached hydrogen (secondary N) is 1. The molecule has 2 aromatic heterocycles. The molecule has 0 radical (unpaired) electrons. The second-order valence-corrected chi connectivity index (χ2v) is 5.63. The molecule has 0 aliphatic carbocycles. The van der Waals surface area contributed by atoms with Gasteiger partial charge in [0.1, 0.15) is 0 Å². The number of benzene rings is 1. The molecule has 0 saturated heterocycles. The summed E-state index contributed by atoms with van der Waals surface area (Å²) >= 11 is 0. The summed E-state index contributed by atoms with van der Waals surface area (Å²) < 4.78 is 6.66. The van der Waals surface area contributed by atoms with E-state index in [-0.39, 0.29) is 5.91 Å². The van der Waals surface area contributed by atoms with Crippen LogP contribution in [0.15, 0.2) is 47.1 Å². The molecule has 3 aromatic rings. The summed E-state index contributed by atoms with van der Waals surface area (Å²) in [6, 6.07) is 11.7. The maximum absolute atomic E-state index is 12.3. The highest BCUT2D eigenvalue weighted by Gasteiger charge is 2.17. The van der Waals surface area contributed by atoms with Gasteiger partial charge in [-0.3, -0.25) is 4.79 Å². The lowest BCUT2D eigenvalue weighted by Gasteiger charge is -2.07. The number of carbonyl (C=O) groups is 1. The quantitative estimate of drug-likeness (QED) is 0.744. The largest absolute Gasteiger partial charge is 0.461 e. The van der Waals surface area contributed by atoms with Gasteiger partial charge in [0, 0.05) is 13.0 Å². The van der Waals surface area contributed by atoms with Gasteiger partial charge in [0.05, 0.1) is 6.26 Å². The number of aromatic nitrogens is 3. The Hall–Kier alpha value is -2.89. The zero-order chi connectivity index (χ0) is 16.9. The fourth-order valence-electron chi connectivity index (χ4n) is 2.32. The van der Waals surface area contributed by atoms with Gasteiger partial charge in [0.25, 0.3) is 0 Å². The number of hydrogen-bond donors (Lipinski definition) is 1. The highest BCUT2D eigenvalue weighted by Crippen LogP contribution is 2.19. The van der Waals surface area contributed by atoms with E-state index in [1.807, 2.05) is 26.0 Å². The smallest absolute Gasteiger partial charge is 0.250 e. The van der Waals surface area contributed by atoms with Crippen LogP contribution in [0.2, 0.25) is 0 Å². The maximum Gasteiger partial charge on any atom is 0.250 e. The molecule has 0 saturated carbocycles. The van der Waals surface area contributed by atoms with E-state index in [4.69, 9.17) is 4.42 Å². The third kappa shape index (κ3) is 3.53. The van der Waals surface area contributed by atoms with Crippen LogP contribution in [0.3, 0.4) is 0 Å². The van der Waals surface area contributed by atoms with Crippen molar-refractivity contribution in [3.05, 3.63) is 53.8 Å². The van der Waals surface area contributed by atoms with E-state index in [1.54, 1.807) is 18.4 Å². The van der Waals surface area contributed by atoms with Crippen molar-refractivity contribution < 1.29 is 9.21 Å². The summed E-state index contributed by atoms with van der Waals surface area (Å²) in [6.07, 6.45) is 2.73. The number of carbonyl (C=O) groups excluding carboxylic acids is 1. The van der Waals surface area contributed by atoms with Crippen LogP contribution in [0.25, 0.3) is 11.6 Å². The lowest BCUT2D eigenvalue weighted by molar-refractivity contribution is 0.0888. The van der Waals surface area contributed by atoms with Gasteiger partial charge in [-0.05, 0) is 31.0 Å². The predicted octanol–water partition coefficient (Wildman–Crippen LogP) is 3.90. The number of furan rings is 1. The molecule has 0 aliphatic rings. The third-order valence-corrected chi connectivity index (χ3v) is 3.62. The van der Waals surface area contributed by atoms with Gasteiger partial charge in [-0.25, -0.2) is 0 Å². The number of anilines is 1. The third-order valence-electron chi connectivity index (χ3n) is 3.62. The second kappa shape index (κ2) is 7.12. The first kappa shape index (κ1) is 16.0. The first-order valence-corrected chi connectivity index (χ1v) is 8.01. The zero-order valence-corrected chi connectivity index (χ0v) is 13.8. The number of aryl methyl sites for hydroxylation is 1. The highest BCUT2D eigenvalue weighted by atomic mass is 16.3. The van der Waals surface area contributed by atoms with Crippen molar-refractivity contribution in [1.82, 2.24) is 14.8 Å². The summed E-state index contributed by atoms with van der Waals surface area (Å²) in [4.78, 5) is 16.7. The second-order valence-electron chi connectivity index (χ2n) is 5.63. The van der Waals surface area contributed by atoms with Crippen molar-refractivity contribution >= 4 is 11.9 Å². The van der Waals surface area contributed by atoms with Crippen LogP contribution < -0.4 is 5.32 Å². The van der Waals surface area contributed by atoms with Crippen molar-refractivity contribution in [2.45, 2.75) is 33.2 Å². The minimum Gasteiger partial charge on any atom is -0.461 e. The van der Waals surface area contributed by atoms with E-state index in [1.165, 1.54) is 10.2 Å². The van der Waals surface area contributed by atoms with Gasteiger partial charge in [-0.15, -0.1) is 5.10 Å². The van der Waals surface area contributed by atoms with Crippen LogP contribution in [-0.4, -0.2) is 20.7 Å². The Morgan fingerprint density at radius 3 is 2.71 bits per heavy atom. The van der Waals surface area contributed by atoms with Gasteiger partial charge in [0.15, 0.2) is 5.76 Å². The van der Waals surface area contributed by atoms with Crippen LogP contribution in [0.1, 0.15) is 35.7 Å². The molecule has 6 heteroatoms. The normalized spacial score (nSPS) is 10.8. The standard InChI is InChI=1S/C18H20N4O2/c1-3-5-16(23)22-18(19-12-14-9-7-13(2)8-10-14)20-17(21-22)15-6-4-11-24-15/h4,6-11H,3,5,12H2,1-2H3,(H,19,20,21). The first-order valence-electron chi connectivity index (χ1n) is 8.01. The Balaban J connectivity index is 1.84. The van der Waals surface area contributed by atoms with E-state index >= 15 is 0 Å². The fourth-order valence-corrected chi connectivity index (χ4v) is 2.32. The van der Waals surface area contributed by atoms with Gasteiger partial charge < -0.3 is 9.73 Å². The number of rotatable bonds is 6. The molecular weight excluding hydrogens is 304 g/mol. The van der Waals surface area contributed by atoms with Crippen LogP contribution in [0.5, 0.6) is 0 Å². The Kier molecular flexibility index (Phi) is 4.74. The Bertz CT molecular complexity index is 804. The molecule has 0 amide bonds. The molecular formula is C18H20N4O2. The number of hydrogen-bond acceptors (Lipinski definition) is 5. The van der Waals surface area contributed by atoms with Crippen molar-refractivity contribution in [3.8, 4) is 11.6 Å². The predicted molar refractivity (Wildman–Crippen MR) is 91.8 cm³/mol. The molecule has 0 atom stereocenters. The molecule has 3 rings (SSSR count). The van der Waals surface area contributed by atoms with Gasteiger partial charge in [0.2, 0.25) is 17.7 Å². The molecule has 2 heterocycles. The summed E-state index contributed by atoms with van der Waals surface area (Å²) in [5.74, 6) is 1.28. The Labute approximate surface area is 140 Å². The van der Waals surface area contributed by atoms with E-state index in [2.05, 4.69) is 27.5 Å². The molecule has 6 nitrogen and oxygen atoms in total. The van der Waals surface area contributed by atoms with Gasteiger partial charge >= 0.3 is 0 Å². The molecule has 24 heavy (non-hydrogen) atoms. The summed E-state index contributed by atoms with van der Waals surface area (Å²) in [5.41, 5.74) is 2.32. The van der Waals surface area contributed by atoms with Crippen LogP contribution in [0.4, 0.5) is 5.95 Å². The Morgan fingerprint density at radius 1 is 1.25 bits per heavy atom. The Morgan fingerprint density at radius 2 is 2.04 bits per heavy atom. The average molecular weight is 324 g/mol. The van der Waals surface area contributed by atoms with E-state index in [0.717, 1.165) is 12.0 Å². The molecule has 0 bridgehead atoms. The molecule has 124 valence electrons. The van der Waals surface area contributed by atoms with Gasteiger partial charge in [-0.1, -0.05) is 36.8 Å². The lowest BCUT2D eigenvalue weighted by atomic mass is 10.1. The monoisotopic (exact) mass is 324 g/mol. The number of nitrogens with zero attached hydrogens (tertiary/aromatic N) is 3. The maximum atomic E-state index is 12.3. The van der Waals surface area contributed by atoms with Crippen molar-refractivity contribution in [2.24, 2.45) is 0 Å². The van der Waals surface area contributed by atoms with Crippen LogP contribution in [-0.2, 0) is 6.54 Å². The molecule has 0 fully saturated rings. The topological polar surface area (TPSA) is 73.0 Å². The van der Waals surface area contributed by atoms with Crippen LogP contribution >= 0.6 is 0 Å². The van der Waals surface area contributed by atoms with E-state index in [9.17, 15) is 4.79 Å². The minimum absolute atomic E-state index is 0.0887. The minimum atomic E-state index is -0.0887. The first-order chi connectivity index (χ1) is 11.7.